The molecule has 110 valence electrons. The van der Waals surface area contributed by atoms with E-state index in [1.54, 1.807) is 6.92 Å². The van der Waals surface area contributed by atoms with Gasteiger partial charge in [-0.3, -0.25) is 4.79 Å². The highest BCUT2D eigenvalue weighted by Gasteiger charge is 2.37. The Hall–Kier alpha value is -0.910. The first kappa shape index (κ1) is 15.5. The number of carbonyl (C=O) groups excluding carboxylic acids is 1. The minimum absolute atomic E-state index is 0.000391. The number of amides is 1. The second kappa shape index (κ2) is 5.84. The van der Waals surface area contributed by atoms with E-state index < -0.39 is 5.54 Å². The number of piperazine rings is 1. The van der Waals surface area contributed by atoms with Gasteiger partial charge in [-0.15, -0.1) is 0 Å². The summed E-state index contributed by atoms with van der Waals surface area (Å²) in [6.45, 7) is 6.39. The maximum atomic E-state index is 12.8. The molecule has 1 aromatic rings. The summed E-state index contributed by atoms with van der Waals surface area (Å²) in [4.78, 5) is 16.9. The van der Waals surface area contributed by atoms with Gasteiger partial charge in [0, 0.05) is 30.1 Å². The number of carbonyl (C=O) groups is 1. The van der Waals surface area contributed by atoms with Gasteiger partial charge in [0.2, 0.25) is 5.91 Å². The molecule has 1 fully saturated rings. The minimum atomic E-state index is -0.981. The van der Waals surface area contributed by atoms with Crippen molar-refractivity contribution >= 4 is 21.8 Å². The Morgan fingerprint density at radius 2 is 1.95 bits per heavy atom. The van der Waals surface area contributed by atoms with Crippen LogP contribution in [0.3, 0.4) is 0 Å². The van der Waals surface area contributed by atoms with Gasteiger partial charge in [-0.2, -0.15) is 0 Å². The first-order chi connectivity index (χ1) is 9.32. The Morgan fingerprint density at radius 3 is 2.50 bits per heavy atom. The zero-order chi connectivity index (χ0) is 14.9. The molecule has 1 amide bonds. The van der Waals surface area contributed by atoms with Crippen molar-refractivity contribution in [3.8, 4) is 0 Å². The van der Waals surface area contributed by atoms with E-state index in [4.69, 9.17) is 5.73 Å². The molecular weight excluding hydrogens is 318 g/mol. The molecule has 1 aliphatic rings. The predicted molar refractivity (Wildman–Crippen MR) is 84.4 cm³/mol. The fraction of sp³-hybridized carbons (Fsp3) is 0.533. The van der Waals surface area contributed by atoms with E-state index in [2.05, 4.69) is 34.8 Å². The third-order valence-electron chi connectivity index (χ3n) is 3.98. The van der Waals surface area contributed by atoms with Gasteiger partial charge in [-0.05, 0) is 38.6 Å². The third-order valence-corrected chi connectivity index (χ3v) is 4.51. The molecule has 0 radical (unpaired) electrons. The summed E-state index contributed by atoms with van der Waals surface area (Å²) in [5.74, 6) is 0.000391. The number of nitrogens with two attached hydrogens (primary N) is 1. The fourth-order valence-corrected chi connectivity index (χ4v) is 2.92. The smallest absolute Gasteiger partial charge is 0.247 e. The lowest BCUT2D eigenvalue weighted by atomic mass is 9.91. The summed E-state index contributed by atoms with van der Waals surface area (Å²) in [7, 11) is 2.08. The van der Waals surface area contributed by atoms with Crippen molar-refractivity contribution in [1.29, 1.82) is 0 Å². The van der Waals surface area contributed by atoms with E-state index in [9.17, 15) is 4.79 Å². The molecule has 0 spiro atoms. The lowest BCUT2D eigenvalue weighted by Crippen LogP contribution is -2.59. The SMILES string of the molecule is CC1CN(C)CCN1C(=O)C(C)(N)c1ccc(Br)cc1. The van der Waals surface area contributed by atoms with Crippen LogP contribution in [0.5, 0.6) is 0 Å². The van der Waals surface area contributed by atoms with E-state index in [0.29, 0.717) is 0 Å². The van der Waals surface area contributed by atoms with Crippen LogP contribution in [0.25, 0.3) is 0 Å². The highest BCUT2D eigenvalue weighted by atomic mass is 79.9. The highest BCUT2D eigenvalue weighted by molar-refractivity contribution is 9.10. The second-order valence-electron chi connectivity index (χ2n) is 5.82. The Balaban J connectivity index is 2.20. The summed E-state index contributed by atoms with van der Waals surface area (Å²) in [6, 6.07) is 7.84. The number of nitrogens with zero attached hydrogens (tertiary/aromatic N) is 2. The van der Waals surface area contributed by atoms with Crippen LogP contribution in [0.4, 0.5) is 0 Å². The van der Waals surface area contributed by atoms with Crippen LogP contribution in [0.15, 0.2) is 28.7 Å². The maximum Gasteiger partial charge on any atom is 0.247 e. The Labute approximate surface area is 129 Å². The van der Waals surface area contributed by atoms with Gasteiger partial charge in [-0.25, -0.2) is 0 Å². The molecular formula is C15H22BrN3O. The van der Waals surface area contributed by atoms with Crippen molar-refractivity contribution in [1.82, 2.24) is 9.80 Å². The minimum Gasteiger partial charge on any atom is -0.336 e. The number of likely N-dealkylation sites (N-methyl/N-ethyl adjacent to an activating group) is 1. The molecule has 1 saturated heterocycles. The molecule has 4 nitrogen and oxygen atoms in total. The van der Waals surface area contributed by atoms with Crippen LogP contribution in [0.1, 0.15) is 19.4 Å². The van der Waals surface area contributed by atoms with Crippen LogP contribution in [0.2, 0.25) is 0 Å². The molecule has 2 atom stereocenters. The molecule has 1 aromatic carbocycles. The van der Waals surface area contributed by atoms with E-state index in [-0.39, 0.29) is 11.9 Å². The van der Waals surface area contributed by atoms with Crippen molar-refractivity contribution in [2.45, 2.75) is 25.4 Å². The summed E-state index contributed by atoms with van der Waals surface area (Å²) >= 11 is 3.40. The van der Waals surface area contributed by atoms with Crippen LogP contribution >= 0.6 is 15.9 Å². The summed E-state index contributed by atoms with van der Waals surface area (Å²) < 4.78 is 0.984. The zero-order valence-corrected chi connectivity index (χ0v) is 13.9. The molecule has 0 aliphatic carbocycles. The van der Waals surface area contributed by atoms with Crippen molar-refractivity contribution < 1.29 is 4.79 Å². The van der Waals surface area contributed by atoms with E-state index in [1.807, 2.05) is 29.2 Å². The van der Waals surface area contributed by atoms with Gasteiger partial charge in [0.1, 0.15) is 5.54 Å². The molecule has 20 heavy (non-hydrogen) atoms. The highest BCUT2D eigenvalue weighted by Crippen LogP contribution is 2.24. The summed E-state index contributed by atoms with van der Waals surface area (Å²) in [5, 5.41) is 0. The Bertz CT molecular complexity index is 486. The molecule has 0 aromatic heterocycles. The molecule has 5 heteroatoms. The molecule has 0 bridgehead atoms. The van der Waals surface area contributed by atoms with Crippen molar-refractivity contribution in [3.05, 3.63) is 34.3 Å². The standard InChI is InChI=1S/C15H22BrN3O/c1-11-10-18(3)8-9-19(11)14(20)15(2,17)12-4-6-13(16)7-5-12/h4-7,11H,8-10,17H2,1-3H3. The van der Waals surface area contributed by atoms with Gasteiger partial charge in [0.15, 0.2) is 0 Å². The van der Waals surface area contributed by atoms with Gasteiger partial charge in [0.05, 0.1) is 0 Å². The number of benzene rings is 1. The first-order valence-electron chi connectivity index (χ1n) is 6.87. The molecule has 1 heterocycles. The second-order valence-corrected chi connectivity index (χ2v) is 6.73. The number of halogens is 1. The van der Waals surface area contributed by atoms with Gasteiger partial charge in [-0.1, -0.05) is 28.1 Å². The van der Waals surface area contributed by atoms with Gasteiger partial charge >= 0.3 is 0 Å². The average Bonchev–Trinajstić information content (AvgIpc) is 2.38. The average molecular weight is 340 g/mol. The summed E-state index contributed by atoms with van der Waals surface area (Å²) in [6.07, 6.45) is 0. The molecule has 1 aliphatic heterocycles. The normalized spacial score (nSPS) is 23.4. The quantitative estimate of drug-likeness (QED) is 0.893. The van der Waals surface area contributed by atoms with E-state index in [1.165, 1.54) is 0 Å². The monoisotopic (exact) mass is 339 g/mol. The Kier molecular flexibility index (Phi) is 4.52. The fourth-order valence-electron chi connectivity index (χ4n) is 2.66. The lowest BCUT2D eigenvalue weighted by molar-refractivity contribution is -0.141. The largest absolute Gasteiger partial charge is 0.336 e. The van der Waals surface area contributed by atoms with Gasteiger partial charge < -0.3 is 15.5 Å². The topological polar surface area (TPSA) is 49.6 Å². The first-order valence-corrected chi connectivity index (χ1v) is 7.66. The zero-order valence-electron chi connectivity index (χ0n) is 12.3. The molecule has 2 unspecified atom stereocenters. The van der Waals surface area contributed by atoms with Crippen molar-refractivity contribution in [3.63, 3.8) is 0 Å². The van der Waals surface area contributed by atoms with Crippen LogP contribution in [0, 0.1) is 0 Å². The maximum absolute atomic E-state index is 12.8. The molecule has 2 rings (SSSR count). The third kappa shape index (κ3) is 3.05. The van der Waals surface area contributed by atoms with E-state index in [0.717, 1.165) is 29.7 Å². The number of hydrogen-bond donors (Lipinski definition) is 1. The van der Waals surface area contributed by atoms with Crippen molar-refractivity contribution in [2.75, 3.05) is 26.7 Å². The number of hydrogen-bond acceptors (Lipinski definition) is 3. The van der Waals surface area contributed by atoms with Crippen LogP contribution < -0.4 is 5.73 Å². The lowest BCUT2D eigenvalue weighted by Gasteiger charge is -2.41. The Morgan fingerprint density at radius 1 is 1.35 bits per heavy atom. The predicted octanol–water partition coefficient (Wildman–Crippen LogP) is 1.79. The van der Waals surface area contributed by atoms with E-state index >= 15 is 0 Å². The van der Waals surface area contributed by atoms with Gasteiger partial charge in [0.25, 0.3) is 0 Å². The molecule has 2 N–H and O–H groups in total. The van der Waals surface area contributed by atoms with Crippen LogP contribution in [-0.2, 0) is 10.3 Å². The van der Waals surface area contributed by atoms with Crippen molar-refractivity contribution in [2.24, 2.45) is 5.73 Å². The summed E-state index contributed by atoms with van der Waals surface area (Å²) in [5.41, 5.74) is 6.20. The number of rotatable bonds is 2. The molecule has 0 saturated carbocycles. The van der Waals surface area contributed by atoms with Crippen LogP contribution in [-0.4, -0.2) is 48.4 Å².